The van der Waals surface area contributed by atoms with E-state index in [1.54, 1.807) is 4.72 Å². The van der Waals surface area contributed by atoms with E-state index in [0.717, 1.165) is 6.26 Å². The van der Waals surface area contributed by atoms with E-state index in [4.69, 9.17) is 0 Å². The molecule has 0 heterocycles. The van der Waals surface area contributed by atoms with E-state index in [2.05, 4.69) is 5.32 Å². The second kappa shape index (κ2) is 8.94. The fraction of sp³-hybridized carbons (Fsp3) is 0.714. The van der Waals surface area contributed by atoms with E-state index in [-0.39, 0.29) is 37.0 Å². The first-order chi connectivity index (χ1) is 6.26. The van der Waals surface area contributed by atoms with Gasteiger partial charge in [0, 0.05) is 13.5 Å². The van der Waals surface area contributed by atoms with Crippen LogP contribution in [0.4, 0.5) is 0 Å². The number of carboxylic acids is 1. The van der Waals surface area contributed by atoms with E-state index in [9.17, 15) is 23.1 Å². The van der Waals surface area contributed by atoms with E-state index >= 15 is 0 Å². The van der Waals surface area contributed by atoms with Crippen molar-refractivity contribution in [2.24, 2.45) is 0 Å². The van der Waals surface area contributed by atoms with Crippen LogP contribution in [-0.4, -0.2) is 39.6 Å². The van der Waals surface area contributed by atoms with Crippen LogP contribution in [0, 0.1) is 0 Å². The van der Waals surface area contributed by atoms with E-state index in [1.165, 1.54) is 7.05 Å². The molecule has 16 heavy (non-hydrogen) atoms. The van der Waals surface area contributed by atoms with Crippen LogP contribution in [0.3, 0.4) is 0 Å². The van der Waals surface area contributed by atoms with Crippen molar-refractivity contribution in [3.05, 3.63) is 0 Å². The summed E-state index contributed by atoms with van der Waals surface area (Å²) in [5, 5.41) is 12.6. The number of carboxylic acid groups (broad SMARTS) is 1. The second-order valence-corrected chi connectivity index (χ2v) is 4.42. The first kappa shape index (κ1) is 21.2. The van der Waals surface area contributed by atoms with Gasteiger partial charge >= 0.3 is 29.6 Å². The third kappa shape index (κ3) is 10.4. The maximum Gasteiger partial charge on any atom is 1.00 e. The number of amides is 1. The molecule has 2 N–H and O–H groups in total. The summed E-state index contributed by atoms with van der Waals surface area (Å²) < 4.78 is 23.1. The molecule has 0 aromatic heterocycles. The minimum absolute atomic E-state index is 0. The Labute approximate surface area is 117 Å². The van der Waals surface area contributed by atoms with Gasteiger partial charge in [-0.15, -0.1) is 0 Å². The molecule has 0 aromatic carbocycles. The summed E-state index contributed by atoms with van der Waals surface area (Å²) in [4.78, 5) is 21.2. The Bertz CT molecular complexity index is 330. The normalized spacial score (nSPS) is 11.6. The molecule has 0 saturated carbocycles. The van der Waals surface area contributed by atoms with Crippen molar-refractivity contribution in [3.8, 4) is 0 Å². The fourth-order valence-electron chi connectivity index (χ4n) is 0.719. The first-order valence-electron chi connectivity index (χ1n) is 3.65. The molecule has 9 heteroatoms. The number of nitrogens with one attached hydrogen (secondary N) is 2. The van der Waals surface area contributed by atoms with Crippen molar-refractivity contribution >= 4 is 21.9 Å². The quantitative estimate of drug-likeness (QED) is 0.479. The first-order valence-corrected chi connectivity index (χ1v) is 5.54. The summed E-state index contributed by atoms with van der Waals surface area (Å²) in [6.45, 7) is 0. The number of carbonyl (C=O) groups excluding carboxylic acids is 2. The van der Waals surface area contributed by atoms with Crippen LogP contribution in [0.2, 0.25) is 0 Å². The number of aliphatic carboxylic acids is 1. The van der Waals surface area contributed by atoms with E-state index in [0.29, 0.717) is 0 Å². The minimum Gasteiger partial charge on any atom is -0.548 e. The summed E-state index contributed by atoms with van der Waals surface area (Å²) in [5.41, 5.74) is 0. The zero-order valence-electron chi connectivity index (χ0n) is 8.73. The molecule has 1 unspecified atom stereocenters. The molecule has 0 radical (unpaired) electrons. The van der Waals surface area contributed by atoms with Crippen LogP contribution in [0.15, 0.2) is 0 Å². The predicted molar refractivity (Wildman–Crippen MR) is 52.2 cm³/mol. The molecule has 1 atom stereocenters. The van der Waals surface area contributed by atoms with Gasteiger partial charge in [-0.2, -0.15) is 0 Å². The van der Waals surface area contributed by atoms with Gasteiger partial charge in [0.1, 0.15) is 0 Å². The SMILES string of the molecule is C.CNC(=O)CC(NS(C)(=O)=O)C(=O)[O-].[Na+]. The number of rotatable bonds is 5. The molecular formula is C7H15N2NaO5S. The number of carbonyl (C=O) groups is 2. The molecule has 0 rings (SSSR count). The fourth-order valence-corrected chi connectivity index (χ4v) is 1.42. The van der Waals surface area contributed by atoms with Crippen LogP contribution >= 0.6 is 0 Å². The molecule has 0 bridgehead atoms. The predicted octanol–water partition coefficient (Wildman–Crippen LogP) is -5.57. The van der Waals surface area contributed by atoms with Gasteiger partial charge < -0.3 is 15.2 Å². The van der Waals surface area contributed by atoms with Crippen LogP contribution in [0.1, 0.15) is 13.8 Å². The molecule has 0 spiro atoms. The van der Waals surface area contributed by atoms with Crippen LogP contribution in [-0.2, 0) is 19.6 Å². The van der Waals surface area contributed by atoms with Gasteiger partial charge in [0.15, 0.2) is 0 Å². The Balaban J connectivity index is -0.000000845. The number of hydrogen-bond donors (Lipinski definition) is 2. The topological polar surface area (TPSA) is 115 Å². The van der Waals surface area contributed by atoms with Crippen LogP contribution < -0.4 is 44.7 Å². The number of hydrogen-bond acceptors (Lipinski definition) is 5. The molecule has 0 aliphatic heterocycles. The summed E-state index contributed by atoms with van der Waals surface area (Å²) in [7, 11) is -2.36. The molecule has 0 fully saturated rings. The van der Waals surface area contributed by atoms with Crippen LogP contribution in [0.5, 0.6) is 0 Å². The van der Waals surface area contributed by atoms with Gasteiger partial charge in [-0.25, -0.2) is 13.1 Å². The Morgan fingerprint density at radius 1 is 1.38 bits per heavy atom. The van der Waals surface area contributed by atoms with Gasteiger partial charge in [-0.05, 0) is 0 Å². The van der Waals surface area contributed by atoms with Crippen molar-refractivity contribution in [2.75, 3.05) is 13.3 Å². The minimum atomic E-state index is -3.67. The van der Waals surface area contributed by atoms with Crippen molar-refractivity contribution < 1.29 is 52.7 Å². The largest absolute Gasteiger partial charge is 1.00 e. The molecule has 0 aliphatic carbocycles. The van der Waals surface area contributed by atoms with Gasteiger partial charge in [0.2, 0.25) is 15.9 Å². The standard InChI is InChI=1S/C6H12N2O5S.CH4.Na/c1-7-5(9)3-4(6(10)11)8-14(2,12)13;;/h4,8H,3H2,1-2H3,(H,7,9)(H,10,11);1H4;/q;;+1/p-1. The Kier molecular flexibility index (Phi) is 11.8. The summed E-state index contributed by atoms with van der Waals surface area (Å²) >= 11 is 0. The van der Waals surface area contributed by atoms with Crippen molar-refractivity contribution in [2.45, 2.75) is 19.9 Å². The van der Waals surface area contributed by atoms with Crippen molar-refractivity contribution in [3.63, 3.8) is 0 Å². The molecule has 0 saturated heterocycles. The van der Waals surface area contributed by atoms with Crippen LogP contribution in [0.25, 0.3) is 0 Å². The molecule has 0 aliphatic rings. The Hall–Kier alpha value is -0.150. The van der Waals surface area contributed by atoms with E-state index in [1.807, 2.05) is 0 Å². The number of sulfonamides is 1. The van der Waals surface area contributed by atoms with Crippen molar-refractivity contribution in [1.29, 1.82) is 0 Å². The Morgan fingerprint density at radius 3 is 2.06 bits per heavy atom. The third-order valence-corrected chi connectivity index (χ3v) is 2.02. The maximum absolute atomic E-state index is 10.8. The van der Waals surface area contributed by atoms with Gasteiger partial charge in [-0.1, -0.05) is 7.43 Å². The maximum atomic E-state index is 10.8. The third-order valence-electron chi connectivity index (χ3n) is 1.31. The van der Waals surface area contributed by atoms with E-state index < -0.39 is 34.4 Å². The van der Waals surface area contributed by atoms with Gasteiger partial charge in [0.05, 0.1) is 18.3 Å². The smallest absolute Gasteiger partial charge is 0.548 e. The zero-order chi connectivity index (χ0) is 11.4. The average Bonchev–Trinajstić information content (AvgIpc) is 2.00. The average molecular weight is 262 g/mol. The monoisotopic (exact) mass is 262 g/mol. The molecular weight excluding hydrogens is 247 g/mol. The Morgan fingerprint density at radius 2 is 1.81 bits per heavy atom. The van der Waals surface area contributed by atoms with Gasteiger partial charge in [0.25, 0.3) is 0 Å². The van der Waals surface area contributed by atoms with Crippen molar-refractivity contribution in [1.82, 2.24) is 10.0 Å². The summed E-state index contributed by atoms with van der Waals surface area (Å²) in [6.07, 6.45) is 0.304. The van der Waals surface area contributed by atoms with Gasteiger partial charge in [-0.3, -0.25) is 4.79 Å². The molecule has 7 nitrogen and oxygen atoms in total. The summed E-state index contributed by atoms with van der Waals surface area (Å²) in [6, 6.07) is -1.54. The molecule has 0 aromatic rings. The second-order valence-electron chi connectivity index (χ2n) is 2.64. The molecule has 90 valence electrons. The zero-order valence-corrected chi connectivity index (χ0v) is 11.6. The molecule has 1 amide bonds. The summed E-state index contributed by atoms with van der Waals surface area (Å²) in [5.74, 6) is -2.23.